The van der Waals surface area contributed by atoms with Crippen molar-refractivity contribution in [2.75, 3.05) is 13.2 Å². The first-order valence-corrected chi connectivity index (χ1v) is 3.76. The van der Waals surface area contributed by atoms with E-state index in [0.717, 1.165) is 18.6 Å². The van der Waals surface area contributed by atoms with Gasteiger partial charge in [0.05, 0.1) is 6.61 Å². The molecule has 0 aliphatic heterocycles. The second-order valence-electron chi connectivity index (χ2n) is 2.72. The molecule has 0 saturated heterocycles. The Hall–Kier alpha value is -0.830. The molecule has 1 aliphatic rings. The predicted octanol–water partition coefficient (Wildman–Crippen LogP) is 1.05. The molecule has 11 heavy (non-hydrogen) atoms. The van der Waals surface area contributed by atoms with Crippen LogP contribution in [0.25, 0.3) is 0 Å². The summed E-state index contributed by atoms with van der Waals surface area (Å²) in [7, 11) is 0. The average Bonchev–Trinajstić information content (AvgIpc) is 2.70. The molecule has 0 spiro atoms. The van der Waals surface area contributed by atoms with Crippen LogP contribution in [0.5, 0.6) is 0 Å². The van der Waals surface area contributed by atoms with Crippen molar-refractivity contribution in [2.24, 2.45) is 5.92 Å². The summed E-state index contributed by atoms with van der Waals surface area (Å²) in [6, 6.07) is 0. The van der Waals surface area contributed by atoms with Crippen LogP contribution in [0.15, 0.2) is 12.2 Å². The first-order chi connectivity index (χ1) is 5.29. The van der Waals surface area contributed by atoms with Gasteiger partial charge in [0.1, 0.15) is 0 Å². The summed E-state index contributed by atoms with van der Waals surface area (Å²) in [5.41, 5.74) is 0. The van der Waals surface area contributed by atoms with E-state index in [4.69, 9.17) is 9.84 Å². The van der Waals surface area contributed by atoms with Gasteiger partial charge in [-0.25, -0.2) is 4.79 Å². The van der Waals surface area contributed by atoms with Crippen LogP contribution in [0, 0.1) is 5.92 Å². The van der Waals surface area contributed by atoms with Crippen molar-refractivity contribution in [2.45, 2.75) is 12.8 Å². The molecule has 0 unspecified atom stereocenters. The van der Waals surface area contributed by atoms with Gasteiger partial charge >= 0.3 is 5.97 Å². The fourth-order valence-electron chi connectivity index (χ4n) is 0.736. The van der Waals surface area contributed by atoms with Crippen LogP contribution in [0.3, 0.4) is 0 Å². The van der Waals surface area contributed by atoms with Crippen molar-refractivity contribution < 1.29 is 14.6 Å². The van der Waals surface area contributed by atoms with E-state index in [1.165, 1.54) is 18.9 Å². The van der Waals surface area contributed by atoms with Crippen LogP contribution >= 0.6 is 0 Å². The Kier molecular flexibility index (Phi) is 3.11. The standard InChI is InChI=1S/C8H12O3/c9-8(10)2-1-5-11-6-7-3-4-7/h1-2,7H,3-6H2,(H,9,10)/b2-1+. The maximum absolute atomic E-state index is 9.97. The quantitative estimate of drug-likeness (QED) is 0.478. The molecule has 0 atom stereocenters. The fraction of sp³-hybridized carbons (Fsp3) is 0.625. The minimum Gasteiger partial charge on any atom is -0.478 e. The highest BCUT2D eigenvalue weighted by atomic mass is 16.5. The molecular formula is C8H12O3. The highest BCUT2D eigenvalue weighted by Crippen LogP contribution is 2.28. The van der Waals surface area contributed by atoms with E-state index in [0.29, 0.717) is 6.61 Å². The van der Waals surface area contributed by atoms with Gasteiger partial charge in [-0.05, 0) is 18.8 Å². The first-order valence-electron chi connectivity index (χ1n) is 3.76. The van der Waals surface area contributed by atoms with Gasteiger partial charge < -0.3 is 9.84 Å². The number of aliphatic carboxylic acids is 1. The zero-order valence-corrected chi connectivity index (χ0v) is 6.32. The van der Waals surface area contributed by atoms with Crippen molar-refractivity contribution in [1.29, 1.82) is 0 Å². The minimum absolute atomic E-state index is 0.419. The Morgan fingerprint density at radius 3 is 2.91 bits per heavy atom. The molecule has 1 saturated carbocycles. The monoisotopic (exact) mass is 156 g/mol. The molecule has 0 aromatic carbocycles. The Bertz CT molecular complexity index is 159. The van der Waals surface area contributed by atoms with Gasteiger partial charge in [0.15, 0.2) is 0 Å². The predicted molar refractivity (Wildman–Crippen MR) is 40.3 cm³/mol. The Morgan fingerprint density at radius 1 is 1.64 bits per heavy atom. The molecule has 3 nitrogen and oxygen atoms in total. The van der Waals surface area contributed by atoms with Crippen LogP contribution in [-0.4, -0.2) is 24.3 Å². The molecule has 0 aromatic rings. The van der Waals surface area contributed by atoms with Crippen molar-refractivity contribution in [1.82, 2.24) is 0 Å². The Morgan fingerprint density at radius 2 is 2.36 bits per heavy atom. The van der Waals surface area contributed by atoms with Gasteiger partial charge in [-0.1, -0.05) is 6.08 Å². The van der Waals surface area contributed by atoms with Crippen molar-refractivity contribution in [3.63, 3.8) is 0 Å². The zero-order valence-electron chi connectivity index (χ0n) is 6.32. The molecule has 0 bridgehead atoms. The number of hydrogen-bond acceptors (Lipinski definition) is 2. The van der Waals surface area contributed by atoms with Crippen molar-refractivity contribution >= 4 is 5.97 Å². The van der Waals surface area contributed by atoms with E-state index in [1.54, 1.807) is 0 Å². The minimum atomic E-state index is -0.917. The van der Waals surface area contributed by atoms with E-state index >= 15 is 0 Å². The van der Waals surface area contributed by atoms with Gasteiger partial charge in [-0.2, -0.15) is 0 Å². The van der Waals surface area contributed by atoms with E-state index in [2.05, 4.69) is 0 Å². The molecule has 1 rings (SSSR count). The third kappa shape index (κ3) is 4.56. The van der Waals surface area contributed by atoms with E-state index in [9.17, 15) is 4.79 Å². The SMILES string of the molecule is O=C(O)/C=C/COCC1CC1. The van der Waals surface area contributed by atoms with Gasteiger partial charge in [0.2, 0.25) is 0 Å². The van der Waals surface area contributed by atoms with E-state index in [1.807, 2.05) is 0 Å². The highest BCUT2D eigenvalue weighted by molar-refractivity contribution is 5.79. The molecule has 62 valence electrons. The molecule has 1 fully saturated rings. The second-order valence-corrected chi connectivity index (χ2v) is 2.72. The summed E-state index contributed by atoms with van der Waals surface area (Å²) >= 11 is 0. The van der Waals surface area contributed by atoms with Crippen molar-refractivity contribution in [3.8, 4) is 0 Å². The molecule has 0 amide bonds. The number of rotatable bonds is 5. The molecule has 1 aliphatic carbocycles. The number of carboxylic acids is 1. The van der Waals surface area contributed by atoms with Gasteiger partial charge in [-0.15, -0.1) is 0 Å². The first kappa shape index (κ1) is 8.27. The fourth-order valence-corrected chi connectivity index (χ4v) is 0.736. The van der Waals surface area contributed by atoms with Gasteiger partial charge in [-0.3, -0.25) is 0 Å². The molecule has 1 N–H and O–H groups in total. The zero-order chi connectivity index (χ0) is 8.10. The van der Waals surface area contributed by atoms with Crippen LogP contribution in [0.4, 0.5) is 0 Å². The third-order valence-corrected chi connectivity index (χ3v) is 1.52. The van der Waals surface area contributed by atoms with E-state index in [-0.39, 0.29) is 0 Å². The van der Waals surface area contributed by atoms with Crippen molar-refractivity contribution in [3.05, 3.63) is 12.2 Å². The lowest BCUT2D eigenvalue weighted by Gasteiger charge is -1.95. The Labute approximate surface area is 65.7 Å². The molecule has 3 heteroatoms. The highest BCUT2D eigenvalue weighted by Gasteiger charge is 2.20. The maximum Gasteiger partial charge on any atom is 0.328 e. The van der Waals surface area contributed by atoms with Crippen LogP contribution in [-0.2, 0) is 9.53 Å². The summed E-state index contributed by atoms with van der Waals surface area (Å²) in [6.45, 7) is 1.20. The van der Waals surface area contributed by atoms with Gasteiger partial charge in [0.25, 0.3) is 0 Å². The number of carboxylic acid groups (broad SMARTS) is 1. The maximum atomic E-state index is 9.97. The lowest BCUT2D eigenvalue weighted by Crippen LogP contribution is -1.96. The summed E-state index contributed by atoms with van der Waals surface area (Å²) < 4.78 is 5.16. The van der Waals surface area contributed by atoms with Crippen LogP contribution in [0.2, 0.25) is 0 Å². The smallest absolute Gasteiger partial charge is 0.328 e. The topological polar surface area (TPSA) is 46.5 Å². The summed E-state index contributed by atoms with van der Waals surface area (Å²) in [6.07, 6.45) is 5.16. The number of hydrogen-bond donors (Lipinski definition) is 1. The summed E-state index contributed by atoms with van der Waals surface area (Å²) in [5, 5.41) is 8.19. The largest absolute Gasteiger partial charge is 0.478 e. The third-order valence-electron chi connectivity index (χ3n) is 1.52. The normalized spacial score (nSPS) is 17.5. The number of ether oxygens (including phenoxy) is 1. The van der Waals surface area contributed by atoms with Gasteiger partial charge in [0, 0.05) is 12.7 Å². The molecule has 0 radical (unpaired) electrons. The number of carbonyl (C=O) groups is 1. The summed E-state index contributed by atoms with van der Waals surface area (Å²) in [5.74, 6) is -0.173. The molecule has 0 heterocycles. The average molecular weight is 156 g/mol. The summed E-state index contributed by atoms with van der Waals surface area (Å²) in [4.78, 5) is 9.97. The molecule has 0 aromatic heterocycles. The lowest BCUT2D eigenvalue weighted by atomic mass is 10.4. The Balaban J connectivity index is 1.90. The lowest BCUT2D eigenvalue weighted by molar-refractivity contribution is -0.131. The van der Waals surface area contributed by atoms with Crippen LogP contribution < -0.4 is 0 Å². The van der Waals surface area contributed by atoms with Crippen LogP contribution in [0.1, 0.15) is 12.8 Å². The molecular weight excluding hydrogens is 144 g/mol. The van der Waals surface area contributed by atoms with E-state index < -0.39 is 5.97 Å². The second kappa shape index (κ2) is 4.13.